The van der Waals surface area contributed by atoms with Crippen LogP contribution in [0.1, 0.15) is 71.6 Å². The van der Waals surface area contributed by atoms with Crippen LogP contribution in [-0.2, 0) is 13.8 Å². The Morgan fingerprint density at radius 1 is 0.786 bits per heavy atom. The van der Waals surface area contributed by atoms with Gasteiger partial charge in [-0.25, -0.2) is 0 Å². The van der Waals surface area contributed by atoms with E-state index in [1.165, 1.54) is 44.9 Å². The SMILES string of the molecule is CCCCCCCCCCCOP(=O)(CC)OOc1cccc2ccccc12. The van der Waals surface area contributed by atoms with Gasteiger partial charge in [-0.05, 0) is 17.9 Å². The molecule has 156 valence electrons. The van der Waals surface area contributed by atoms with Crippen LogP contribution in [-0.4, -0.2) is 12.8 Å². The van der Waals surface area contributed by atoms with Crippen molar-refractivity contribution in [2.24, 2.45) is 0 Å². The van der Waals surface area contributed by atoms with Gasteiger partial charge < -0.3 is 9.41 Å². The fourth-order valence-electron chi connectivity index (χ4n) is 3.15. The van der Waals surface area contributed by atoms with E-state index in [-0.39, 0.29) is 6.16 Å². The standard InChI is InChI=1S/C23H35O4P/c1-3-5-6-7-8-9-10-11-14-20-25-28(24,4-2)27-26-23-19-15-17-21-16-12-13-18-22(21)23/h12-13,15-19H,3-11,14,20H2,1-2H3. The van der Waals surface area contributed by atoms with Crippen molar-refractivity contribution in [3.05, 3.63) is 42.5 Å². The molecular weight excluding hydrogens is 371 g/mol. The smallest absolute Gasteiger partial charge is 0.328 e. The van der Waals surface area contributed by atoms with E-state index in [2.05, 4.69) is 6.92 Å². The fraction of sp³-hybridized carbons (Fsp3) is 0.565. The largest absolute Gasteiger partial charge is 0.368 e. The maximum atomic E-state index is 12.8. The third-order valence-electron chi connectivity index (χ3n) is 4.91. The van der Waals surface area contributed by atoms with Crippen LogP contribution in [0.2, 0.25) is 0 Å². The van der Waals surface area contributed by atoms with Crippen LogP contribution < -0.4 is 4.89 Å². The summed E-state index contributed by atoms with van der Waals surface area (Å²) in [6.07, 6.45) is 11.4. The Balaban J connectivity index is 1.68. The average Bonchev–Trinajstić information content (AvgIpc) is 2.73. The molecule has 0 saturated heterocycles. The highest BCUT2D eigenvalue weighted by atomic mass is 31.2. The van der Waals surface area contributed by atoms with Gasteiger partial charge in [-0.3, -0.25) is 4.57 Å². The molecule has 0 aliphatic heterocycles. The minimum Gasteiger partial charge on any atom is -0.328 e. The van der Waals surface area contributed by atoms with Crippen LogP contribution in [0, 0.1) is 0 Å². The maximum Gasteiger partial charge on any atom is 0.368 e. The quantitative estimate of drug-likeness (QED) is 0.130. The molecule has 4 nitrogen and oxygen atoms in total. The molecule has 0 radical (unpaired) electrons. The van der Waals surface area contributed by atoms with Crippen LogP contribution in [0.5, 0.6) is 5.75 Å². The van der Waals surface area contributed by atoms with Crippen molar-refractivity contribution < 1.29 is 18.7 Å². The highest BCUT2D eigenvalue weighted by Gasteiger charge is 2.24. The van der Waals surface area contributed by atoms with Crippen molar-refractivity contribution in [2.45, 2.75) is 71.6 Å². The van der Waals surface area contributed by atoms with Gasteiger partial charge in [0.1, 0.15) is 0 Å². The number of fused-ring (bicyclic) bond motifs is 1. The first-order valence-corrected chi connectivity index (χ1v) is 12.5. The van der Waals surface area contributed by atoms with Crippen LogP contribution >= 0.6 is 7.60 Å². The number of rotatable bonds is 15. The third kappa shape index (κ3) is 7.95. The third-order valence-corrected chi connectivity index (χ3v) is 6.57. The van der Waals surface area contributed by atoms with Gasteiger partial charge in [0.15, 0.2) is 5.75 Å². The Labute approximate surface area is 170 Å². The van der Waals surface area contributed by atoms with Crippen LogP contribution in [0.15, 0.2) is 42.5 Å². The molecule has 0 saturated carbocycles. The van der Waals surface area contributed by atoms with Crippen LogP contribution in [0.3, 0.4) is 0 Å². The molecule has 0 fully saturated rings. The number of hydrogen-bond acceptors (Lipinski definition) is 4. The second-order valence-electron chi connectivity index (χ2n) is 7.22. The molecule has 1 unspecified atom stereocenters. The van der Waals surface area contributed by atoms with E-state index in [0.717, 1.165) is 23.6 Å². The molecule has 28 heavy (non-hydrogen) atoms. The molecule has 0 aliphatic carbocycles. The van der Waals surface area contributed by atoms with Crippen molar-refractivity contribution >= 4 is 18.4 Å². The summed E-state index contributed by atoms with van der Waals surface area (Å²) < 4.78 is 23.6. The second kappa shape index (κ2) is 13.0. The zero-order valence-corrected chi connectivity index (χ0v) is 18.3. The van der Waals surface area contributed by atoms with Gasteiger partial charge in [0.2, 0.25) is 0 Å². The van der Waals surface area contributed by atoms with E-state index in [0.29, 0.717) is 12.4 Å². The first-order valence-electron chi connectivity index (χ1n) is 10.8. The maximum absolute atomic E-state index is 12.8. The summed E-state index contributed by atoms with van der Waals surface area (Å²) in [5, 5.41) is 1.97. The first-order chi connectivity index (χ1) is 13.7. The van der Waals surface area contributed by atoms with E-state index in [9.17, 15) is 4.57 Å². The number of unbranched alkanes of at least 4 members (excludes halogenated alkanes) is 8. The van der Waals surface area contributed by atoms with Gasteiger partial charge in [-0.15, -0.1) is 0 Å². The van der Waals surface area contributed by atoms with Gasteiger partial charge in [-0.1, -0.05) is 106 Å². The van der Waals surface area contributed by atoms with Gasteiger partial charge in [-0.2, -0.15) is 0 Å². The highest BCUT2D eigenvalue weighted by molar-refractivity contribution is 7.53. The zero-order valence-electron chi connectivity index (χ0n) is 17.4. The predicted octanol–water partition coefficient (Wildman–Crippen LogP) is 7.91. The highest BCUT2D eigenvalue weighted by Crippen LogP contribution is 2.48. The van der Waals surface area contributed by atoms with Crippen molar-refractivity contribution in [1.29, 1.82) is 0 Å². The number of benzene rings is 2. The Morgan fingerprint density at radius 3 is 2.14 bits per heavy atom. The van der Waals surface area contributed by atoms with E-state index >= 15 is 0 Å². The zero-order chi connectivity index (χ0) is 20.1. The van der Waals surface area contributed by atoms with Crippen LogP contribution in [0.4, 0.5) is 0 Å². The lowest BCUT2D eigenvalue weighted by molar-refractivity contribution is -0.111. The Morgan fingerprint density at radius 2 is 1.43 bits per heavy atom. The van der Waals surface area contributed by atoms with Crippen molar-refractivity contribution in [1.82, 2.24) is 0 Å². The molecule has 0 amide bonds. The predicted molar refractivity (Wildman–Crippen MR) is 117 cm³/mol. The molecule has 0 spiro atoms. The fourth-order valence-corrected chi connectivity index (χ4v) is 4.08. The lowest BCUT2D eigenvalue weighted by Crippen LogP contribution is -2.03. The van der Waals surface area contributed by atoms with Crippen LogP contribution in [0.25, 0.3) is 10.8 Å². The minimum atomic E-state index is -3.24. The lowest BCUT2D eigenvalue weighted by Gasteiger charge is -2.16. The van der Waals surface area contributed by atoms with E-state index < -0.39 is 7.60 Å². The summed E-state index contributed by atoms with van der Waals surface area (Å²) in [4.78, 5) is 5.43. The summed E-state index contributed by atoms with van der Waals surface area (Å²) in [5.41, 5.74) is 0. The van der Waals surface area contributed by atoms with Crippen molar-refractivity contribution in [2.75, 3.05) is 12.8 Å². The van der Waals surface area contributed by atoms with Gasteiger partial charge in [0.05, 0.1) is 12.8 Å². The van der Waals surface area contributed by atoms with Crippen molar-refractivity contribution in [3.8, 4) is 5.75 Å². The molecular formula is C23H35O4P. The van der Waals surface area contributed by atoms with Crippen molar-refractivity contribution in [3.63, 3.8) is 0 Å². The van der Waals surface area contributed by atoms with E-state index in [4.69, 9.17) is 14.1 Å². The molecule has 1 atom stereocenters. The van der Waals surface area contributed by atoms with Gasteiger partial charge in [0.25, 0.3) is 0 Å². The summed E-state index contributed by atoms with van der Waals surface area (Å²) >= 11 is 0. The molecule has 0 bridgehead atoms. The average molecular weight is 407 g/mol. The normalized spacial score (nSPS) is 13.5. The molecule has 2 rings (SSSR count). The van der Waals surface area contributed by atoms with E-state index in [1.807, 2.05) is 42.5 Å². The Hall–Kier alpha value is -1.35. The molecule has 0 N–H and O–H groups in total. The summed E-state index contributed by atoms with van der Waals surface area (Å²) in [7, 11) is -3.24. The monoisotopic (exact) mass is 406 g/mol. The summed E-state index contributed by atoms with van der Waals surface area (Å²) in [6, 6.07) is 13.6. The first kappa shape index (κ1) is 22.9. The second-order valence-corrected chi connectivity index (χ2v) is 9.49. The topological polar surface area (TPSA) is 44.8 Å². The molecule has 0 heterocycles. The molecule has 2 aromatic rings. The summed E-state index contributed by atoms with van der Waals surface area (Å²) in [5.74, 6) is 0.554. The molecule has 0 aliphatic rings. The Bertz CT molecular complexity index is 726. The van der Waals surface area contributed by atoms with Gasteiger partial charge >= 0.3 is 7.60 Å². The van der Waals surface area contributed by atoms with E-state index in [1.54, 1.807) is 6.92 Å². The lowest BCUT2D eigenvalue weighted by atomic mass is 10.1. The molecule has 0 aromatic heterocycles. The minimum absolute atomic E-state index is 0.287. The van der Waals surface area contributed by atoms with Gasteiger partial charge in [0, 0.05) is 5.39 Å². The molecule has 2 aromatic carbocycles. The molecule has 5 heteroatoms. The number of hydrogen-bond donors (Lipinski definition) is 0. The summed E-state index contributed by atoms with van der Waals surface area (Å²) in [6.45, 7) is 4.48. The Kier molecular flexibility index (Phi) is 10.6.